The first kappa shape index (κ1) is 19.8. The van der Waals surface area contributed by atoms with Gasteiger partial charge in [-0.2, -0.15) is 0 Å². The minimum Gasteiger partial charge on any atom is -0.480 e. The van der Waals surface area contributed by atoms with Crippen molar-refractivity contribution in [3.8, 4) is 0 Å². The van der Waals surface area contributed by atoms with Gasteiger partial charge in [0.15, 0.2) is 0 Å². The average molecular weight is 318 g/mol. The van der Waals surface area contributed by atoms with E-state index in [1.807, 2.05) is 0 Å². The van der Waals surface area contributed by atoms with Crippen LogP contribution in [0, 0.1) is 0 Å². The number of carboxylic acids is 1. The van der Waals surface area contributed by atoms with E-state index in [4.69, 9.17) is 10.8 Å². The molecule has 0 aliphatic carbocycles. The van der Waals surface area contributed by atoms with Crippen LogP contribution in [0.5, 0.6) is 0 Å². The van der Waals surface area contributed by atoms with E-state index >= 15 is 0 Å². The predicted molar refractivity (Wildman–Crippen MR) is 75.5 cm³/mol. The predicted octanol–water partition coefficient (Wildman–Crippen LogP) is -3.10. The van der Waals surface area contributed by atoms with Crippen molar-refractivity contribution in [1.82, 2.24) is 16.0 Å². The standard InChI is InChI=1S/C12H22N4O6/c1-5(10(20)14-4-8(18)19)15-11(21)6(2)16-12(22)9(13)7(3)17/h5-7,9,17H,4,13H2,1-3H3,(H,14,20)(H,15,21)(H,16,22)(H,18,19). The van der Waals surface area contributed by atoms with Crippen molar-refractivity contribution in [3.05, 3.63) is 0 Å². The Bertz CT molecular complexity index is 439. The van der Waals surface area contributed by atoms with Gasteiger partial charge >= 0.3 is 5.97 Å². The maximum absolute atomic E-state index is 11.8. The third-order valence-corrected chi connectivity index (χ3v) is 2.74. The number of rotatable bonds is 8. The molecule has 3 amide bonds. The summed E-state index contributed by atoms with van der Waals surface area (Å²) in [4.78, 5) is 45.2. The molecule has 0 aromatic rings. The van der Waals surface area contributed by atoms with Crippen LogP contribution >= 0.6 is 0 Å². The maximum Gasteiger partial charge on any atom is 0.322 e. The summed E-state index contributed by atoms with van der Waals surface area (Å²) in [5, 5.41) is 24.3. The zero-order valence-corrected chi connectivity index (χ0v) is 12.6. The zero-order chi connectivity index (χ0) is 17.4. The number of carboxylic acid groups (broad SMARTS) is 1. The van der Waals surface area contributed by atoms with Gasteiger partial charge in [-0.15, -0.1) is 0 Å². The second-order valence-electron chi connectivity index (χ2n) is 4.84. The molecule has 10 nitrogen and oxygen atoms in total. The fourth-order valence-electron chi connectivity index (χ4n) is 1.31. The molecule has 0 saturated carbocycles. The van der Waals surface area contributed by atoms with E-state index in [1.165, 1.54) is 20.8 Å². The Morgan fingerprint density at radius 2 is 1.41 bits per heavy atom. The van der Waals surface area contributed by atoms with E-state index in [-0.39, 0.29) is 0 Å². The highest BCUT2D eigenvalue weighted by Gasteiger charge is 2.25. The molecule has 0 aliphatic heterocycles. The summed E-state index contributed by atoms with van der Waals surface area (Å²) < 4.78 is 0. The number of carbonyl (C=O) groups excluding carboxylic acids is 3. The van der Waals surface area contributed by atoms with Crippen molar-refractivity contribution in [1.29, 1.82) is 0 Å². The van der Waals surface area contributed by atoms with Crippen LogP contribution in [-0.4, -0.2) is 64.7 Å². The van der Waals surface area contributed by atoms with Gasteiger partial charge < -0.3 is 31.9 Å². The van der Waals surface area contributed by atoms with Gasteiger partial charge in [-0.25, -0.2) is 0 Å². The minimum atomic E-state index is -1.21. The van der Waals surface area contributed by atoms with Crippen LogP contribution in [0.15, 0.2) is 0 Å². The van der Waals surface area contributed by atoms with E-state index in [1.54, 1.807) is 0 Å². The van der Waals surface area contributed by atoms with Gasteiger partial charge in [0.05, 0.1) is 6.10 Å². The lowest BCUT2D eigenvalue weighted by Crippen LogP contribution is -2.55. The normalized spacial score (nSPS) is 15.9. The number of nitrogens with two attached hydrogens (primary N) is 1. The monoisotopic (exact) mass is 318 g/mol. The summed E-state index contributed by atoms with van der Waals surface area (Å²) >= 11 is 0. The van der Waals surface area contributed by atoms with Gasteiger partial charge in [0.2, 0.25) is 17.7 Å². The molecule has 0 aromatic carbocycles. The van der Waals surface area contributed by atoms with Gasteiger partial charge in [-0.1, -0.05) is 0 Å². The van der Waals surface area contributed by atoms with Crippen LogP contribution in [0.2, 0.25) is 0 Å². The molecule has 7 N–H and O–H groups in total. The van der Waals surface area contributed by atoms with Crippen molar-refractivity contribution in [2.45, 2.75) is 45.0 Å². The third kappa shape index (κ3) is 6.99. The van der Waals surface area contributed by atoms with E-state index in [0.717, 1.165) is 0 Å². The smallest absolute Gasteiger partial charge is 0.322 e. The molecule has 0 radical (unpaired) electrons. The summed E-state index contributed by atoms with van der Waals surface area (Å²) in [5.74, 6) is -3.24. The summed E-state index contributed by atoms with van der Waals surface area (Å²) in [6.45, 7) is 3.52. The lowest BCUT2D eigenvalue weighted by Gasteiger charge is -2.20. The fraction of sp³-hybridized carbons (Fsp3) is 0.667. The molecule has 10 heteroatoms. The molecule has 0 aliphatic rings. The molecular weight excluding hydrogens is 296 g/mol. The lowest BCUT2D eigenvalue weighted by molar-refractivity contribution is -0.138. The molecule has 0 spiro atoms. The molecule has 22 heavy (non-hydrogen) atoms. The van der Waals surface area contributed by atoms with Crippen LogP contribution < -0.4 is 21.7 Å². The Kier molecular flexibility index (Phi) is 8.05. The fourth-order valence-corrected chi connectivity index (χ4v) is 1.31. The van der Waals surface area contributed by atoms with Crippen LogP contribution in [-0.2, 0) is 19.2 Å². The maximum atomic E-state index is 11.8. The number of hydrogen-bond donors (Lipinski definition) is 6. The van der Waals surface area contributed by atoms with Crippen molar-refractivity contribution < 1.29 is 29.4 Å². The number of aliphatic carboxylic acids is 1. The van der Waals surface area contributed by atoms with Gasteiger partial charge in [0.25, 0.3) is 0 Å². The Labute approximate surface area is 127 Å². The minimum absolute atomic E-state index is 0.561. The Morgan fingerprint density at radius 1 is 0.955 bits per heavy atom. The second-order valence-corrected chi connectivity index (χ2v) is 4.84. The van der Waals surface area contributed by atoms with E-state index < -0.39 is 54.5 Å². The van der Waals surface area contributed by atoms with E-state index in [9.17, 15) is 24.3 Å². The number of hydrogen-bond acceptors (Lipinski definition) is 6. The quantitative estimate of drug-likeness (QED) is 0.275. The molecule has 0 heterocycles. The van der Waals surface area contributed by atoms with Crippen LogP contribution in [0.3, 0.4) is 0 Å². The van der Waals surface area contributed by atoms with Crippen molar-refractivity contribution in [3.63, 3.8) is 0 Å². The SMILES string of the molecule is CC(NC(=O)C(C)NC(=O)C(N)C(C)O)C(=O)NCC(=O)O. The lowest BCUT2D eigenvalue weighted by atomic mass is 10.1. The van der Waals surface area contributed by atoms with Crippen molar-refractivity contribution in [2.75, 3.05) is 6.54 Å². The van der Waals surface area contributed by atoms with Crippen molar-refractivity contribution >= 4 is 23.7 Å². The Hall–Kier alpha value is -2.20. The Balaban J connectivity index is 4.37. The highest BCUT2D eigenvalue weighted by Crippen LogP contribution is 1.92. The Morgan fingerprint density at radius 3 is 1.86 bits per heavy atom. The number of carbonyl (C=O) groups is 4. The summed E-state index contributed by atoms with van der Waals surface area (Å²) in [7, 11) is 0. The summed E-state index contributed by atoms with van der Waals surface area (Å²) in [6, 6.07) is -3.13. The molecular formula is C12H22N4O6. The molecule has 0 fully saturated rings. The first-order valence-electron chi connectivity index (χ1n) is 6.60. The first-order chi connectivity index (χ1) is 10.1. The largest absolute Gasteiger partial charge is 0.480 e. The first-order valence-corrected chi connectivity index (χ1v) is 6.60. The van der Waals surface area contributed by atoms with Crippen LogP contribution in [0.25, 0.3) is 0 Å². The highest BCUT2D eigenvalue weighted by atomic mass is 16.4. The van der Waals surface area contributed by atoms with Crippen LogP contribution in [0.1, 0.15) is 20.8 Å². The van der Waals surface area contributed by atoms with Gasteiger partial charge in [-0.05, 0) is 20.8 Å². The van der Waals surface area contributed by atoms with Gasteiger partial charge in [0.1, 0.15) is 24.7 Å². The third-order valence-electron chi connectivity index (χ3n) is 2.74. The number of aliphatic hydroxyl groups excluding tert-OH is 1. The average Bonchev–Trinajstić information content (AvgIpc) is 2.42. The van der Waals surface area contributed by atoms with Crippen LogP contribution in [0.4, 0.5) is 0 Å². The number of amides is 3. The second kappa shape index (κ2) is 8.95. The summed E-state index contributed by atoms with van der Waals surface area (Å²) in [6.07, 6.45) is -1.07. The topological polar surface area (TPSA) is 171 Å². The molecule has 4 atom stereocenters. The molecule has 126 valence electrons. The van der Waals surface area contributed by atoms with Crippen molar-refractivity contribution in [2.24, 2.45) is 5.73 Å². The highest BCUT2D eigenvalue weighted by molar-refractivity contribution is 5.93. The van der Waals surface area contributed by atoms with E-state index in [0.29, 0.717) is 0 Å². The molecule has 0 bridgehead atoms. The summed E-state index contributed by atoms with van der Waals surface area (Å²) in [5.41, 5.74) is 5.41. The molecule has 4 unspecified atom stereocenters. The van der Waals surface area contributed by atoms with Gasteiger partial charge in [-0.3, -0.25) is 19.2 Å². The number of aliphatic hydroxyl groups is 1. The molecule has 0 saturated heterocycles. The van der Waals surface area contributed by atoms with E-state index in [2.05, 4.69) is 16.0 Å². The zero-order valence-electron chi connectivity index (χ0n) is 12.6. The molecule has 0 rings (SSSR count). The molecule has 0 aromatic heterocycles. The van der Waals surface area contributed by atoms with Gasteiger partial charge in [0, 0.05) is 0 Å². The number of nitrogens with one attached hydrogen (secondary N) is 3.